The fourth-order valence-electron chi connectivity index (χ4n) is 2.83. The summed E-state index contributed by atoms with van der Waals surface area (Å²) in [5.74, 6) is 0.563. The maximum Gasteiger partial charge on any atom is 0.252 e. The largest absolute Gasteiger partial charge is 0.487 e. The summed E-state index contributed by atoms with van der Waals surface area (Å²) < 4.78 is 10.4. The lowest BCUT2D eigenvalue weighted by molar-refractivity contribution is 0.0948. The van der Waals surface area contributed by atoms with Crippen molar-refractivity contribution in [2.24, 2.45) is 0 Å². The molecule has 6 heteroatoms. The van der Waals surface area contributed by atoms with Gasteiger partial charge in [0.15, 0.2) is 0 Å². The van der Waals surface area contributed by atoms with Crippen LogP contribution in [-0.4, -0.2) is 15.3 Å². The number of benzene rings is 1. The zero-order chi connectivity index (χ0) is 16.5. The average Bonchev–Trinajstić information content (AvgIpc) is 2.98. The highest BCUT2D eigenvalue weighted by atomic mass is 32.1. The molecule has 0 saturated heterocycles. The molecule has 24 heavy (non-hydrogen) atoms. The van der Waals surface area contributed by atoms with Crippen molar-refractivity contribution in [3.63, 3.8) is 0 Å². The summed E-state index contributed by atoms with van der Waals surface area (Å²) in [6.45, 7) is 2.73. The molecule has 5 nitrogen and oxygen atoms in total. The van der Waals surface area contributed by atoms with Crippen molar-refractivity contribution in [1.29, 1.82) is 0 Å². The van der Waals surface area contributed by atoms with E-state index >= 15 is 0 Å². The summed E-state index contributed by atoms with van der Waals surface area (Å²) in [4.78, 5) is 17.9. The minimum absolute atomic E-state index is 0.117. The Bertz CT molecular complexity index is 920. The molecule has 1 aromatic carbocycles. The van der Waals surface area contributed by atoms with Crippen LogP contribution in [0.5, 0.6) is 5.75 Å². The number of hydrogen-bond donors (Lipinski definition) is 1. The van der Waals surface area contributed by atoms with Crippen LogP contribution in [0, 0.1) is 6.92 Å². The van der Waals surface area contributed by atoms with Gasteiger partial charge in [0, 0.05) is 33.3 Å². The first-order chi connectivity index (χ1) is 11.7. The minimum Gasteiger partial charge on any atom is -0.487 e. The van der Waals surface area contributed by atoms with Gasteiger partial charge >= 0.3 is 0 Å². The average molecular weight is 337 g/mol. The SMILES string of the molecule is Cc1snc2c1-c1cncc(c1)OCc1ccccc1C(=O)NC2. The maximum atomic E-state index is 12.5. The molecule has 0 spiro atoms. The molecule has 1 aliphatic rings. The third-order valence-corrected chi connectivity index (χ3v) is 4.80. The number of rotatable bonds is 0. The lowest BCUT2D eigenvalue weighted by Crippen LogP contribution is -2.25. The lowest BCUT2D eigenvalue weighted by atomic mass is 10.0. The second-order valence-electron chi connectivity index (χ2n) is 5.60. The van der Waals surface area contributed by atoms with Crippen LogP contribution in [0.15, 0.2) is 42.7 Å². The third-order valence-electron chi connectivity index (χ3n) is 4.01. The molecule has 1 amide bonds. The molecule has 2 aromatic heterocycles. The number of pyridine rings is 1. The summed E-state index contributed by atoms with van der Waals surface area (Å²) in [6, 6.07) is 9.43. The molecular weight excluding hydrogens is 322 g/mol. The van der Waals surface area contributed by atoms with Crippen LogP contribution in [0.25, 0.3) is 11.1 Å². The Hall–Kier alpha value is -2.73. The van der Waals surface area contributed by atoms with E-state index in [1.807, 2.05) is 37.3 Å². The van der Waals surface area contributed by atoms with Crippen LogP contribution in [0.1, 0.15) is 26.5 Å². The fourth-order valence-corrected chi connectivity index (χ4v) is 3.56. The second kappa shape index (κ2) is 6.05. The number of ether oxygens (including phenoxy) is 1. The second-order valence-corrected chi connectivity index (χ2v) is 6.58. The van der Waals surface area contributed by atoms with Gasteiger partial charge < -0.3 is 10.1 Å². The number of carbonyl (C=O) groups excluding carboxylic acids is 1. The van der Waals surface area contributed by atoms with Crippen molar-refractivity contribution in [2.45, 2.75) is 20.1 Å². The van der Waals surface area contributed by atoms with Gasteiger partial charge in [0.2, 0.25) is 0 Å². The van der Waals surface area contributed by atoms with E-state index in [0.29, 0.717) is 24.5 Å². The van der Waals surface area contributed by atoms with Crippen molar-refractivity contribution in [2.75, 3.05) is 0 Å². The van der Waals surface area contributed by atoms with Crippen molar-refractivity contribution < 1.29 is 9.53 Å². The van der Waals surface area contributed by atoms with Gasteiger partial charge in [-0.05, 0) is 30.6 Å². The molecular formula is C18H15N3O2S. The van der Waals surface area contributed by atoms with E-state index < -0.39 is 0 Å². The normalized spacial score (nSPS) is 13.6. The number of hydrogen-bond acceptors (Lipinski definition) is 5. The van der Waals surface area contributed by atoms with Gasteiger partial charge in [-0.1, -0.05) is 18.2 Å². The molecule has 1 N–H and O–H groups in total. The van der Waals surface area contributed by atoms with Crippen LogP contribution >= 0.6 is 11.5 Å². The maximum absolute atomic E-state index is 12.5. The predicted molar refractivity (Wildman–Crippen MR) is 92.0 cm³/mol. The summed E-state index contributed by atoms with van der Waals surface area (Å²) in [7, 11) is 0. The molecule has 0 radical (unpaired) electrons. The van der Waals surface area contributed by atoms with Crippen LogP contribution in [-0.2, 0) is 13.2 Å². The van der Waals surface area contributed by atoms with Crippen molar-refractivity contribution >= 4 is 17.4 Å². The molecule has 120 valence electrons. The van der Waals surface area contributed by atoms with E-state index in [2.05, 4.69) is 14.7 Å². The van der Waals surface area contributed by atoms with E-state index in [1.54, 1.807) is 12.4 Å². The van der Waals surface area contributed by atoms with Gasteiger partial charge in [0.25, 0.3) is 5.91 Å². The van der Waals surface area contributed by atoms with E-state index in [0.717, 1.165) is 27.3 Å². The molecule has 1 aliphatic heterocycles. The van der Waals surface area contributed by atoms with Gasteiger partial charge in [-0.2, -0.15) is 4.37 Å². The zero-order valence-electron chi connectivity index (χ0n) is 13.1. The van der Waals surface area contributed by atoms with Crippen LogP contribution in [0.4, 0.5) is 0 Å². The van der Waals surface area contributed by atoms with Crippen LogP contribution in [0.3, 0.4) is 0 Å². The van der Waals surface area contributed by atoms with E-state index in [-0.39, 0.29) is 5.91 Å². The van der Waals surface area contributed by atoms with Gasteiger partial charge in [0.05, 0.1) is 18.4 Å². The van der Waals surface area contributed by atoms with Crippen molar-refractivity contribution in [1.82, 2.24) is 14.7 Å². The quantitative estimate of drug-likeness (QED) is 0.683. The predicted octanol–water partition coefficient (Wildman–Crippen LogP) is 3.34. The van der Waals surface area contributed by atoms with E-state index in [1.165, 1.54) is 11.5 Å². The van der Waals surface area contributed by atoms with E-state index in [4.69, 9.17) is 4.74 Å². The molecule has 0 saturated carbocycles. The smallest absolute Gasteiger partial charge is 0.252 e. The molecule has 0 fully saturated rings. The summed E-state index contributed by atoms with van der Waals surface area (Å²) >= 11 is 1.43. The Labute approximate surface area is 143 Å². The Morgan fingerprint density at radius 2 is 2.12 bits per heavy atom. The number of aryl methyl sites for hydroxylation is 1. The molecule has 3 heterocycles. The molecule has 3 aromatic rings. The third kappa shape index (κ3) is 2.65. The van der Waals surface area contributed by atoms with Gasteiger partial charge in [-0.15, -0.1) is 0 Å². The molecule has 0 atom stereocenters. The highest BCUT2D eigenvalue weighted by molar-refractivity contribution is 7.06. The fraction of sp³-hybridized carbons (Fsp3) is 0.167. The molecule has 2 bridgehead atoms. The number of nitrogens with zero attached hydrogens (tertiary/aromatic N) is 2. The molecule has 0 aliphatic carbocycles. The van der Waals surface area contributed by atoms with Crippen molar-refractivity contribution in [3.8, 4) is 16.9 Å². The number of nitrogens with one attached hydrogen (secondary N) is 1. The highest BCUT2D eigenvalue weighted by Crippen LogP contribution is 2.32. The Balaban J connectivity index is 1.83. The van der Waals surface area contributed by atoms with Crippen LogP contribution in [0.2, 0.25) is 0 Å². The molecule has 4 rings (SSSR count). The van der Waals surface area contributed by atoms with Gasteiger partial charge in [0.1, 0.15) is 12.4 Å². The van der Waals surface area contributed by atoms with E-state index in [9.17, 15) is 4.79 Å². The first kappa shape index (κ1) is 14.8. The van der Waals surface area contributed by atoms with Crippen molar-refractivity contribution in [3.05, 3.63) is 64.4 Å². The number of carbonyl (C=O) groups is 1. The number of fused-ring (bicyclic) bond motifs is 5. The number of amides is 1. The summed E-state index contributed by atoms with van der Waals surface area (Å²) in [6.07, 6.45) is 3.49. The first-order valence-corrected chi connectivity index (χ1v) is 8.39. The first-order valence-electron chi connectivity index (χ1n) is 7.62. The highest BCUT2D eigenvalue weighted by Gasteiger charge is 2.18. The standard InChI is InChI=1S/C18H15N3O2S/c1-11-17-13-6-14(8-19-7-13)23-10-12-4-2-3-5-15(12)18(22)20-9-16(17)21-24-11/h2-8H,9-10H2,1H3,(H,20,22). The topological polar surface area (TPSA) is 64.1 Å². The zero-order valence-corrected chi connectivity index (χ0v) is 13.9. The Morgan fingerprint density at radius 3 is 3.04 bits per heavy atom. The van der Waals surface area contributed by atoms with Crippen LogP contribution < -0.4 is 10.1 Å². The number of aromatic nitrogens is 2. The minimum atomic E-state index is -0.117. The monoisotopic (exact) mass is 337 g/mol. The molecule has 0 unspecified atom stereocenters. The summed E-state index contributed by atoms with van der Waals surface area (Å²) in [5.41, 5.74) is 4.29. The van der Waals surface area contributed by atoms with Gasteiger partial charge in [-0.3, -0.25) is 9.78 Å². The Morgan fingerprint density at radius 1 is 1.25 bits per heavy atom. The van der Waals surface area contributed by atoms with Gasteiger partial charge in [-0.25, -0.2) is 0 Å². The summed E-state index contributed by atoms with van der Waals surface area (Å²) in [5, 5.41) is 2.96. The lowest BCUT2D eigenvalue weighted by Gasteiger charge is -2.14. The Kier molecular flexibility index (Phi) is 3.74.